The Kier molecular flexibility index (Phi) is 11.0. The topological polar surface area (TPSA) is 98.9 Å². The molecule has 0 aliphatic heterocycles. The van der Waals surface area contributed by atoms with Crippen molar-refractivity contribution < 1.29 is 23.9 Å². The van der Waals surface area contributed by atoms with E-state index < -0.39 is 29.0 Å². The monoisotopic (exact) mass is 554 g/mol. The molecule has 212 valence electrons. The van der Waals surface area contributed by atoms with Crippen LogP contribution in [0.2, 0.25) is 0 Å². The van der Waals surface area contributed by atoms with E-state index in [1.807, 2.05) is 30.3 Å². The van der Waals surface area contributed by atoms with E-state index in [-0.39, 0.29) is 24.9 Å². The van der Waals surface area contributed by atoms with Gasteiger partial charge in [0.25, 0.3) is 5.91 Å². The molecule has 2 aromatic rings. The Morgan fingerprint density at radius 3 is 2.15 bits per heavy atom. The van der Waals surface area contributed by atoms with Gasteiger partial charge in [0.1, 0.15) is 12.1 Å². The second kappa shape index (κ2) is 14.0. The quantitative estimate of drug-likeness (QED) is 0.295. The lowest BCUT2D eigenvalue weighted by molar-refractivity contribution is -0.168. The Hall–Kier alpha value is -2.84. The molecule has 2 N–H and O–H groups in total. The molecule has 0 bridgehead atoms. The molecule has 0 saturated heterocycles. The highest BCUT2D eigenvalue weighted by molar-refractivity contribution is 7.98. The van der Waals surface area contributed by atoms with Crippen LogP contribution in [-0.2, 0) is 29.6 Å². The Morgan fingerprint density at radius 1 is 0.949 bits per heavy atom. The fourth-order valence-electron chi connectivity index (χ4n) is 4.69. The number of nitrogens with two attached hydrogens (primary N) is 1. The summed E-state index contributed by atoms with van der Waals surface area (Å²) in [6, 6.07) is 18.2. The number of hydrogen-bond acceptors (Lipinski definition) is 7. The number of hydrogen-bond donors (Lipinski definition) is 1. The molecule has 1 amide bonds. The van der Waals surface area contributed by atoms with Gasteiger partial charge in [0.15, 0.2) is 0 Å². The van der Waals surface area contributed by atoms with Gasteiger partial charge < -0.3 is 20.1 Å². The lowest BCUT2D eigenvalue weighted by Gasteiger charge is -2.39. The first-order valence-corrected chi connectivity index (χ1v) is 14.9. The van der Waals surface area contributed by atoms with Gasteiger partial charge in [-0.2, -0.15) is 11.8 Å². The highest BCUT2D eigenvalue weighted by atomic mass is 32.2. The van der Waals surface area contributed by atoms with Gasteiger partial charge >= 0.3 is 11.9 Å². The van der Waals surface area contributed by atoms with E-state index in [1.54, 1.807) is 27.7 Å². The van der Waals surface area contributed by atoms with Crippen molar-refractivity contribution in [3.63, 3.8) is 0 Å². The molecular weight excluding hydrogens is 512 g/mol. The minimum atomic E-state index is -1.94. The molecule has 1 atom stereocenters. The van der Waals surface area contributed by atoms with Crippen LogP contribution in [0, 0.1) is 0 Å². The lowest BCUT2D eigenvalue weighted by Crippen LogP contribution is -2.65. The predicted molar refractivity (Wildman–Crippen MR) is 156 cm³/mol. The minimum Gasteiger partial charge on any atom is -0.465 e. The van der Waals surface area contributed by atoms with E-state index >= 15 is 0 Å². The Morgan fingerprint density at radius 2 is 1.56 bits per heavy atom. The number of ether oxygens (including phenoxy) is 2. The van der Waals surface area contributed by atoms with Crippen LogP contribution in [0.25, 0.3) is 11.1 Å². The van der Waals surface area contributed by atoms with E-state index in [1.165, 1.54) is 16.7 Å². The number of nitrogens with zero attached hydrogens (tertiary/aromatic N) is 1. The summed E-state index contributed by atoms with van der Waals surface area (Å²) in [5.74, 6) is -1.28. The zero-order chi connectivity index (χ0) is 28.5. The van der Waals surface area contributed by atoms with Gasteiger partial charge in [-0.15, -0.1) is 0 Å². The van der Waals surface area contributed by atoms with Crippen molar-refractivity contribution in [2.24, 2.45) is 5.73 Å². The average molecular weight is 555 g/mol. The summed E-state index contributed by atoms with van der Waals surface area (Å²) >= 11 is 1.40. The van der Waals surface area contributed by atoms with E-state index in [9.17, 15) is 14.4 Å². The van der Waals surface area contributed by atoms with Crippen LogP contribution < -0.4 is 5.73 Å². The number of thioether (sulfide) groups is 1. The summed E-state index contributed by atoms with van der Waals surface area (Å²) in [4.78, 5) is 41.4. The maximum atomic E-state index is 14.1. The SMILES string of the molecule is CCOC(=O)CN(C(=O)[C@@](N)(CSCc1ccc(-c2ccccc2)cc1)C(=O)OC(C)(C)C)C1CCCCC1. The van der Waals surface area contributed by atoms with E-state index in [0.29, 0.717) is 5.75 Å². The van der Waals surface area contributed by atoms with Crippen LogP contribution in [0.3, 0.4) is 0 Å². The van der Waals surface area contributed by atoms with E-state index in [4.69, 9.17) is 15.2 Å². The molecule has 39 heavy (non-hydrogen) atoms. The van der Waals surface area contributed by atoms with Crippen molar-refractivity contribution >= 4 is 29.6 Å². The first-order valence-electron chi connectivity index (χ1n) is 13.7. The zero-order valence-corrected chi connectivity index (χ0v) is 24.4. The van der Waals surface area contributed by atoms with Crippen LogP contribution in [0.1, 0.15) is 65.4 Å². The van der Waals surface area contributed by atoms with Crippen molar-refractivity contribution in [3.8, 4) is 11.1 Å². The number of benzene rings is 2. The van der Waals surface area contributed by atoms with Gasteiger partial charge in [-0.3, -0.25) is 9.59 Å². The van der Waals surface area contributed by atoms with Crippen molar-refractivity contribution in [3.05, 3.63) is 60.2 Å². The molecule has 0 radical (unpaired) electrons. The van der Waals surface area contributed by atoms with E-state index in [0.717, 1.165) is 48.8 Å². The highest BCUT2D eigenvalue weighted by Gasteiger charge is 2.49. The number of amides is 1. The third kappa shape index (κ3) is 8.83. The van der Waals surface area contributed by atoms with Crippen LogP contribution in [-0.4, -0.2) is 58.8 Å². The Balaban J connectivity index is 1.79. The minimum absolute atomic E-state index is 0.0211. The van der Waals surface area contributed by atoms with Crippen LogP contribution in [0.15, 0.2) is 54.6 Å². The molecular formula is C31H42N2O5S. The van der Waals surface area contributed by atoms with Gasteiger partial charge in [0, 0.05) is 17.5 Å². The third-order valence-electron chi connectivity index (χ3n) is 6.69. The molecule has 0 heterocycles. The largest absolute Gasteiger partial charge is 0.465 e. The average Bonchev–Trinajstić information content (AvgIpc) is 2.92. The second-order valence-corrected chi connectivity index (χ2v) is 12.0. The molecule has 1 aliphatic carbocycles. The molecule has 2 aromatic carbocycles. The molecule has 1 saturated carbocycles. The summed E-state index contributed by atoms with van der Waals surface area (Å²) in [5.41, 5.74) is 7.22. The molecule has 3 rings (SSSR count). The standard InChI is InChI=1S/C31H42N2O5S/c1-5-37-27(34)20-33(26-14-10-7-11-15-26)28(35)31(32,29(36)38-30(2,3)4)22-39-21-23-16-18-25(19-17-23)24-12-8-6-9-13-24/h6,8-9,12-13,16-19,26H,5,7,10-11,14-15,20-22,32H2,1-4H3/t31-/m0/s1. The Labute approximate surface area is 236 Å². The first kappa shape index (κ1) is 30.7. The van der Waals surface area contributed by atoms with Gasteiger partial charge in [-0.05, 0) is 57.2 Å². The molecule has 0 unspecified atom stereocenters. The summed E-state index contributed by atoms with van der Waals surface area (Å²) in [6.45, 7) is 6.94. The maximum absolute atomic E-state index is 14.1. The summed E-state index contributed by atoms with van der Waals surface area (Å²) < 4.78 is 10.8. The van der Waals surface area contributed by atoms with Crippen molar-refractivity contribution in [2.45, 2.75) is 82.7 Å². The van der Waals surface area contributed by atoms with Gasteiger partial charge in [0.2, 0.25) is 5.54 Å². The summed E-state index contributed by atoms with van der Waals surface area (Å²) in [7, 11) is 0. The third-order valence-corrected chi connectivity index (χ3v) is 7.88. The maximum Gasteiger partial charge on any atom is 0.337 e. The van der Waals surface area contributed by atoms with Crippen molar-refractivity contribution in [2.75, 3.05) is 18.9 Å². The smallest absolute Gasteiger partial charge is 0.337 e. The molecule has 1 aliphatic rings. The van der Waals surface area contributed by atoms with Crippen LogP contribution in [0.5, 0.6) is 0 Å². The molecule has 1 fully saturated rings. The fourth-order valence-corrected chi connectivity index (χ4v) is 5.79. The number of esters is 2. The second-order valence-electron chi connectivity index (χ2n) is 11.1. The van der Waals surface area contributed by atoms with Crippen molar-refractivity contribution in [1.29, 1.82) is 0 Å². The first-order chi connectivity index (χ1) is 18.5. The van der Waals surface area contributed by atoms with Crippen LogP contribution >= 0.6 is 11.8 Å². The number of rotatable bonds is 11. The van der Waals surface area contributed by atoms with Crippen LogP contribution in [0.4, 0.5) is 0 Å². The van der Waals surface area contributed by atoms with Gasteiger partial charge in [-0.1, -0.05) is 73.9 Å². The summed E-state index contributed by atoms with van der Waals surface area (Å²) in [6.07, 6.45) is 4.51. The van der Waals surface area contributed by atoms with Gasteiger partial charge in [-0.25, -0.2) is 4.79 Å². The highest BCUT2D eigenvalue weighted by Crippen LogP contribution is 2.28. The van der Waals surface area contributed by atoms with Crippen molar-refractivity contribution in [1.82, 2.24) is 4.90 Å². The Bertz CT molecular complexity index is 1090. The molecule has 7 nitrogen and oxygen atoms in total. The molecule has 0 aromatic heterocycles. The zero-order valence-electron chi connectivity index (χ0n) is 23.6. The molecule has 0 spiro atoms. The predicted octanol–water partition coefficient (Wildman–Crippen LogP) is 5.35. The lowest BCUT2D eigenvalue weighted by atomic mass is 9.91. The van der Waals surface area contributed by atoms with Gasteiger partial charge in [0.05, 0.1) is 6.61 Å². The number of carbonyl (C=O) groups excluding carboxylic acids is 3. The normalized spacial score (nSPS) is 15.7. The fraction of sp³-hybridized carbons (Fsp3) is 0.516. The molecule has 8 heteroatoms. The number of carbonyl (C=O) groups is 3. The van der Waals surface area contributed by atoms with E-state index in [2.05, 4.69) is 24.3 Å². The summed E-state index contributed by atoms with van der Waals surface area (Å²) in [5, 5.41) is 0.